The Kier molecular flexibility index (Phi) is 2.75. The van der Waals surface area contributed by atoms with Crippen LogP contribution < -0.4 is 0 Å². The number of rotatable bonds is 3. The van der Waals surface area contributed by atoms with Gasteiger partial charge in [-0.05, 0) is 30.4 Å². The zero-order valence-electron chi connectivity index (χ0n) is 11.3. The summed E-state index contributed by atoms with van der Waals surface area (Å²) in [4.78, 5) is 0. The van der Waals surface area contributed by atoms with Gasteiger partial charge in [0.15, 0.2) is 11.6 Å². The van der Waals surface area contributed by atoms with Gasteiger partial charge in [-0.1, -0.05) is 24.3 Å². The molecular weight excluding hydrogens is 269 g/mol. The van der Waals surface area contributed by atoms with Crippen molar-refractivity contribution in [2.45, 2.75) is 25.5 Å². The summed E-state index contributed by atoms with van der Waals surface area (Å²) in [6, 6.07) is 10.9. The summed E-state index contributed by atoms with van der Waals surface area (Å²) in [7, 11) is 0. The molecule has 1 heterocycles. The highest BCUT2D eigenvalue weighted by Gasteiger charge is 2.30. The zero-order chi connectivity index (χ0) is 14.4. The van der Waals surface area contributed by atoms with E-state index in [0.717, 1.165) is 23.8 Å². The molecule has 4 rings (SSSR count). The lowest BCUT2D eigenvalue weighted by molar-refractivity contribution is 0.265. The smallest absolute Gasteiger partial charge is 0.164 e. The highest BCUT2D eigenvalue weighted by molar-refractivity contribution is 5.95. The molecule has 4 nitrogen and oxygen atoms in total. The van der Waals surface area contributed by atoms with Crippen LogP contribution in [0.3, 0.4) is 0 Å². The predicted molar refractivity (Wildman–Crippen MR) is 77.1 cm³/mol. The number of hydrogen-bond acceptors (Lipinski definition) is 3. The van der Waals surface area contributed by atoms with Crippen LogP contribution in [0.4, 0.5) is 4.39 Å². The van der Waals surface area contributed by atoms with Crippen molar-refractivity contribution in [1.82, 2.24) is 14.8 Å². The van der Waals surface area contributed by atoms with Crippen molar-refractivity contribution < 1.29 is 9.50 Å². The normalized spacial score (nSPS) is 14.8. The van der Waals surface area contributed by atoms with E-state index in [2.05, 4.69) is 10.2 Å². The standard InChI is InChI=1S/C16H14FN3O/c17-14-8-7-13(11-3-1-2-4-12(11)14)16-19-18-15(9-21)20(16)10-5-6-10/h1-4,7-8,10,21H,5-6,9H2. The van der Waals surface area contributed by atoms with Crippen molar-refractivity contribution in [2.24, 2.45) is 0 Å². The molecule has 0 bridgehead atoms. The van der Waals surface area contributed by atoms with Gasteiger partial charge in [0, 0.05) is 17.0 Å². The SMILES string of the molecule is OCc1nnc(-c2ccc(F)c3ccccc23)n1C1CC1. The van der Waals surface area contributed by atoms with Gasteiger partial charge in [-0.2, -0.15) is 0 Å². The Labute approximate surface area is 120 Å². The summed E-state index contributed by atoms with van der Waals surface area (Å²) in [5.41, 5.74) is 0.853. The fraction of sp³-hybridized carbons (Fsp3) is 0.250. The molecule has 5 heteroatoms. The number of aliphatic hydroxyl groups excluding tert-OH is 1. The Balaban J connectivity index is 1.99. The van der Waals surface area contributed by atoms with Crippen molar-refractivity contribution in [2.75, 3.05) is 0 Å². The Morgan fingerprint density at radius 1 is 1.10 bits per heavy atom. The van der Waals surface area contributed by atoms with Gasteiger partial charge in [-0.3, -0.25) is 0 Å². The molecule has 0 atom stereocenters. The first-order valence-electron chi connectivity index (χ1n) is 7.02. The molecule has 0 spiro atoms. The number of nitrogens with zero attached hydrogens (tertiary/aromatic N) is 3. The minimum absolute atomic E-state index is 0.136. The Morgan fingerprint density at radius 2 is 1.86 bits per heavy atom. The second-order valence-corrected chi connectivity index (χ2v) is 5.34. The molecule has 0 unspecified atom stereocenters. The van der Waals surface area contributed by atoms with Crippen molar-refractivity contribution in [3.63, 3.8) is 0 Å². The second-order valence-electron chi connectivity index (χ2n) is 5.34. The van der Waals surface area contributed by atoms with Crippen molar-refractivity contribution in [1.29, 1.82) is 0 Å². The molecule has 1 fully saturated rings. The maximum absolute atomic E-state index is 13.9. The first kappa shape index (κ1) is 12.5. The van der Waals surface area contributed by atoms with E-state index in [1.165, 1.54) is 6.07 Å². The van der Waals surface area contributed by atoms with E-state index in [1.807, 2.05) is 22.8 Å². The van der Waals surface area contributed by atoms with Gasteiger partial charge in [-0.25, -0.2) is 4.39 Å². The fourth-order valence-corrected chi connectivity index (χ4v) is 2.79. The minimum atomic E-state index is -0.241. The maximum Gasteiger partial charge on any atom is 0.164 e. The maximum atomic E-state index is 13.9. The summed E-state index contributed by atoms with van der Waals surface area (Å²) < 4.78 is 15.9. The van der Waals surface area contributed by atoms with Crippen LogP contribution in [0.15, 0.2) is 36.4 Å². The number of hydrogen-bond donors (Lipinski definition) is 1. The molecule has 1 saturated carbocycles. The summed E-state index contributed by atoms with van der Waals surface area (Å²) >= 11 is 0. The van der Waals surface area contributed by atoms with Crippen LogP contribution in [0.5, 0.6) is 0 Å². The Hall–Kier alpha value is -2.27. The topological polar surface area (TPSA) is 50.9 Å². The van der Waals surface area contributed by atoms with Gasteiger partial charge in [0.2, 0.25) is 0 Å². The van der Waals surface area contributed by atoms with Gasteiger partial charge >= 0.3 is 0 Å². The molecule has 1 aromatic heterocycles. The molecule has 2 aromatic carbocycles. The van der Waals surface area contributed by atoms with Crippen LogP contribution in [0.25, 0.3) is 22.2 Å². The molecule has 0 saturated heterocycles. The molecule has 1 aliphatic rings. The van der Waals surface area contributed by atoms with Gasteiger partial charge in [0.1, 0.15) is 12.4 Å². The summed E-state index contributed by atoms with van der Waals surface area (Å²) in [5.74, 6) is 1.04. The lowest BCUT2D eigenvalue weighted by Crippen LogP contribution is -2.03. The third-order valence-electron chi connectivity index (χ3n) is 3.93. The van der Waals surface area contributed by atoms with E-state index in [0.29, 0.717) is 23.1 Å². The van der Waals surface area contributed by atoms with E-state index in [9.17, 15) is 9.50 Å². The Bertz CT molecular complexity index is 824. The first-order valence-corrected chi connectivity index (χ1v) is 7.02. The lowest BCUT2D eigenvalue weighted by Gasteiger charge is -2.10. The summed E-state index contributed by atoms with van der Waals surface area (Å²) in [5, 5.41) is 19.1. The second kappa shape index (κ2) is 4.63. The van der Waals surface area contributed by atoms with E-state index in [-0.39, 0.29) is 12.4 Å². The van der Waals surface area contributed by atoms with Crippen LogP contribution in [0.1, 0.15) is 24.7 Å². The largest absolute Gasteiger partial charge is 0.388 e. The van der Waals surface area contributed by atoms with Crippen molar-refractivity contribution in [3.05, 3.63) is 48.0 Å². The fourth-order valence-electron chi connectivity index (χ4n) is 2.79. The minimum Gasteiger partial charge on any atom is -0.388 e. The molecule has 0 aliphatic heterocycles. The molecule has 1 N–H and O–H groups in total. The highest BCUT2D eigenvalue weighted by Crippen LogP contribution is 2.40. The van der Waals surface area contributed by atoms with Gasteiger partial charge in [0.25, 0.3) is 0 Å². The molecule has 106 valence electrons. The van der Waals surface area contributed by atoms with Crippen molar-refractivity contribution >= 4 is 10.8 Å². The van der Waals surface area contributed by atoms with Crippen LogP contribution in [-0.4, -0.2) is 19.9 Å². The average molecular weight is 283 g/mol. The summed E-state index contributed by atoms with van der Waals surface area (Å²) in [6.45, 7) is -0.136. The number of aliphatic hydroxyl groups is 1. The molecule has 1 aliphatic carbocycles. The average Bonchev–Trinajstić information content (AvgIpc) is 3.27. The van der Waals surface area contributed by atoms with E-state index < -0.39 is 0 Å². The van der Waals surface area contributed by atoms with Crippen LogP contribution in [0, 0.1) is 5.82 Å². The first-order chi connectivity index (χ1) is 10.3. The number of aromatic nitrogens is 3. The molecule has 0 radical (unpaired) electrons. The molecule has 21 heavy (non-hydrogen) atoms. The lowest BCUT2D eigenvalue weighted by atomic mass is 10.0. The van der Waals surface area contributed by atoms with E-state index in [4.69, 9.17) is 0 Å². The third-order valence-corrected chi connectivity index (χ3v) is 3.93. The van der Waals surface area contributed by atoms with Gasteiger partial charge < -0.3 is 9.67 Å². The van der Waals surface area contributed by atoms with Gasteiger partial charge in [0.05, 0.1) is 0 Å². The number of halogens is 1. The van der Waals surface area contributed by atoms with E-state index in [1.54, 1.807) is 12.1 Å². The molecule has 0 amide bonds. The quantitative estimate of drug-likeness (QED) is 0.803. The Morgan fingerprint density at radius 3 is 2.57 bits per heavy atom. The van der Waals surface area contributed by atoms with Crippen LogP contribution >= 0.6 is 0 Å². The molecular formula is C16H14FN3O. The zero-order valence-corrected chi connectivity index (χ0v) is 11.3. The monoisotopic (exact) mass is 283 g/mol. The number of benzene rings is 2. The van der Waals surface area contributed by atoms with Crippen LogP contribution in [-0.2, 0) is 6.61 Å². The van der Waals surface area contributed by atoms with E-state index >= 15 is 0 Å². The predicted octanol–water partition coefficient (Wildman–Crippen LogP) is 3.06. The van der Waals surface area contributed by atoms with Crippen molar-refractivity contribution in [3.8, 4) is 11.4 Å². The van der Waals surface area contributed by atoms with Gasteiger partial charge in [-0.15, -0.1) is 10.2 Å². The summed E-state index contributed by atoms with van der Waals surface area (Å²) in [6.07, 6.45) is 2.13. The highest BCUT2D eigenvalue weighted by atomic mass is 19.1. The molecule has 3 aromatic rings. The third kappa shape index (κ3) is 1.93. The number of fused-ring (bicyclic) bond motifs is 1. The van der Waals surface area contributed by atoms with Crippen LogP contribution in [0.2, 0.25) is 0 Å².